The van der Waals surface area contributed by atoms with Gasteiger partial charge in [-0.1, -0.05) is 18.2 Å². The summed E-state index contributed by atoms with van der Waals surface area (Å²) in [5.41, 5.74) is 6.63. The highest BCUT2D eigenvalue weighted by Crippen LogP contribution is 2.36. The van der Waals surface area contributed by atoms with Crippen LogP contribution in [0.1, 0.15) is 41.6 Å². The van der Waals surface area contributed by atoms with Crippen LogP contribution in [-0.2, 0) is 23.2 Å². The van der Waals surface area contributed by atoms with Gasteiger partial charge in [-0.3, -0.25) is 19.7 Å². The fourth-order valence-corrected chi connectivity index (χ4v) is 5.53. The first-order valence-corrected chi connectivity index (χ1v) is 12.1. The number of hydrogen-bond acceptors (Lipinski definition) is 5. The number of amides is 3. The van der Waals surface area contributed by atoms with Gasteiger partial charge in [0.15, 0.2) is 0 Å². The lowest BCUT2D eigenvalue weighted by molar-refractivity contribution is -0.136. The van der Waals surface area contributed by atoms with Gasteiger partial charge in [0.25, 0.3) is 5.91 Å². The van der Waals surface area contributed by atoms with E-state index in [4.69, 9.17) is 4.98 Å². The van der Waals surface area contributed by atoms with E-state index in [0.29, 0.717) is 18.5 Å². The molecule has 0 bridgehead atoms. The minimum absolute atomic E-state index is 0.166. The standard InChI is InChI=1S/C27H27N5O3/c1-30-16-28-24(25(30)18-5-4-6-20(14-18)31-11-2-3-12-31)17-7-8-21-19(13-17)15-32(27(21)35)22-9-10-23(33)29-26(22)34/h4-8,13-14,16,22H,2-3,9-12,15H2,1H3,(H,29,33,34). The van der Waals surface area contributed by atoms with Gasteiger partial charge in [0.1, 0.15) is 6.04 Å². The number of carbonyl (C=O) groups is 3. The van der Waals surface area contributed by atoms with E-state index in [1.807, 2.05) is 36.1 Å². The largest absolute Gasteiger partial charge is 0.372 e. The summed E-state index contributed by atoms with van der Waals surface area (Å²) in [5, 5.41) is 2.36. The quantitative estimate of drug-likeness (QED) is 0.594. The lowest BCUT2D eigenvalue weighted by Crippen LogP contribution is -2.52. The summed E-state index contributed by atoms with van der Waals surface area (Å²) in [6.45, 7) is 2.52. The molecule has 4 heterocycles. The monoisotopic (exact) mass is 469 g/mol. The van der Waals surface area contributed by atoms with Crippen molar-refractivity contribution in [1.82, 2.24) is 19.8 Å². The van der Waals surface area contributed by atoms with Gasteiger partial charge in [-0.25, -0.2) is 4.98 Å². The molecule has 8 heteroatoms. The summed E-state index contributed by atoms with van der Waals surface area (Å²) < 4.78 is 2.03. The molecule has 8 nitrogen and oxygen atoms in total. The Labute approximate surface area is 203 Å². The molecule has 0 saturated carbocycles. The Balaban J connectivity index is 1.32. The van der Waals surface area contributed by atoms with E-state index in [9.17, 15) is 14.4 Å². The van der Waals surface area contributed by atoms with Gasteiger partial charge in [-0.15, -0.1) is 0 Å². The third-order valence-electron chi connectivity index (χ3n) is 7.32. The van der Waals surface area contributed by atoms with Crippen molar-refractivity contribution in [3.63, 3.8) is 0 Å². The number of nitrogens with one attached hydrogen (secondary N) is 1. The predicted molar refractivity (Wildman–Crippen MR) is 132 cm³/mol. The van der Waals surface area contributed by atoms with Crippen LogP contribution in [0.2, 0.25) is 0 Å². The van der Waals surface area contributed by atoms with Crippen LogP contribution in [0.3, 0.4) is 0 Å². The van der Waals surface area contributed by atoms with Gasteiger partial charge in [0, 0.05) is 55.5 Å². The first kappa shape index (κ1) is 21.6. The minimum atomic E-state index is -0.616. The van der Waals surface area contributed by atoms with Crippen molar-refractivity contribution in [3.8, 4) is 22.5 Å². The zero-order valence-corrected chi connectivity index (χ0v) is 19.7. The second kappa shape index (κ2) is 8.37. The van der Waals surface area contributed by atoms with E-state index in [0.717, 1.165) is 41.2 Å². The summed E-state index contributed by atoms with van der Waals surface area (Å²) in [7, 11) is 2.00. The molecule has 178 valence electrons. The molecule has 1 unspecified atom stereocenters. The molecule has 1 N–H and O–H groups in total. The third kappa shape index (κ3) is 3.69. The molecule has 3 aliphatic heterocycles. The molecule has 0 aliphatic carbocycles. The molecular formula is C27H27N5O3. The molecule has 3 aliphatic rings. The van der Waals surface area contributed by atoms with Crippen molar-refractivity contribution in [1.29, 1.82) is 0 Å². The average Bonchev–Trinajstić information content (AvgIpc) is 3.59. The zero-order chi connectivity index (χ0) is 24.1. The van der Waals surface area contributed by atoms with Gasteiger partial charge in [-0.05, 0) is 49.1 Å². The topological polar surface area (TPSA) is 87.5 Å². The Morgan fingerprint density at radius 3 is 2.63 bits per heavy atom. The molecule has 3 amide bonds. The number of nitrogens with zero attached hydrogens (tertiary/aromatic N) is 4. The lowest BCUT2D eigenvalue weighted by Gasteiger charge is -2.29. The van der Waals surface area contributed by atoms with Crippen LogP contribution in [0.15, 0.2) is 48.8 Å². The minimum Gasteiger partial charge on any atom is -0.372 e. The number of anilines is 1. The lowest BCUT2D eigenvalue weighted by atomic mass is 10.0. The molecule has 1 aromatic heterocycles. The Bertz CT molecular complexity index is 1350. The Kier molecular flexibility index (Phi) is 5.16. The molecule has 2 fully saturated rings. The van der Waals surface area contributed by atoms with Crippen LogP contribution in [0.5, 0.6) is 0 Å². The second-order valence-electron chi connectivity index (χ2n) is 9.57. The van der Waals surface area contributed by atoms with Crippen LogP contribution in [-0.4, -0.2) is 51.3 Å². The average molecular weight is 470 g/mol. The van der Waals surface area contributed by atoms with Gasteiger partial charge in [0.05, 0.1) is 17.7 Å². The van der Waals surface area contributed by atoms with Crippen LogP contribution >= 0.6 is 0 Å². The molecule has 0 radical (unpaired) electrons. The highest BCUT2D eigenvalue weighted by Gasteiger charge is 2.39. The smallest absolute Gasteiger partial charge is 0.255 e. The maximum atomic E-state index is 13.1. The number of aromatic nitrogens is 2. The number of imidazole rings is 1. The van der Waals surface area contributed by atoms with Gasteiger partial charge in [0.2, 0.25) is 11.8 Å². The van der Waals surface area contributed by atoms with Gasteiger partial charge < -0.3 is 14.4 Å². The number of piperidine rings is 1. The Morgan fingerprint density at radius 2 is 1.83 bits per heavy atom. The van der Waals surface area contributed by atoms with Crippen molar-refractivity contribution in [3.05, 3.63) is 59.9 Å². The molecule has 2 saturated heterocycles. The fraction of sp³-hybridized carbons (Fsp3) is 0.333. The highest BCUT2D eigenvalue weighted by atomic mass is 16.2. The first-order chi connectivity index (χ1) is 17.0. The van der Waals surface area contributed by atoms with E-state index in [-0.39, 0.29) is 18.2 Å². The normalized spacial score (nSPS) is 19.9. The van der Waals surface area contributed by atoms with Crippen LogP contribution in [0, 0.1) is 0 Å². The van der Waals surface area contributed by atoms with Crippen molar-refractivity contribution >= 4 is 23.4 Å². The molecule has 6 rings (SSSR count). The molecular weight excluding hydrogens is 442 g/mol. The maximum absolute atomic E-state index is 13.1. The van der Waals surface area contributed by atoms with E-state index in [1.165, 1.54) is 18.5 Å². The molecule has 1 atom stereocenters. The Hall–Kier alpha value is -3.94. The van der Waals surface area contributed by atoms with Crippen molar-refractivity contribution in [2.45, 2.75) is 38.3 Å². The molecule has 35 heavy (non-hydrogen) atoms. The SMILES string of the molecule is Cn1cnc(-c2ccc3c(c2)CN(C2CCC(=O)NC2=O)C3=O)c1-c1cccc(N2CCCC2)c1. The van der Waals surface area contributed by atoms with E-state index in [1.54, 1.807) is 4.90 Å². The van der Waals surface area contributed by atoms with E-state index >= 15 is 0 Å². The number of hydrogen-bond donors (Lipinski definition) is 1. The maximum Gasteiger partial charge on any atom is 0.255 e. The van der Waals surface area contributed by atoms with Crippen molar-refractivity contribution in [2.75, 3.05) is 18.0 Å². The van der Waals surface area contributed by atoms with Gasteiger partial charge in [-0.2, -0.15) is 0 Å². The molecule has 0 spiro atoms. The summed E-state index contributed by atoms with van der Waals surface area (Å²) in [5.74, 6) is -0.845. The number of rotatable bonds is 4. The predicted octanol–water partition coefficient (Wildman–Crippen LogP) is 3.12. The van der Waals surface area contributed by atoms with E-state index in [2.05, 4.69) is 34.5 Å². The summed E-state index contributed by atoms with van der Waals surface area (Å²) in [6, 6.07) is 13.8. The van der Waals surface area contributed by atoms with Crippen LogP contribution in [0.4, 0.5) is 5.69 Å². The van der Waals surface area contributed by atoms with Crippen molar-refractivity contribution in [2.24, 2.45) is 7.05 Å². The first-order valence-electron chi connectivity index (χ1n) is 12.1. The van der Waals surface area contributed by atoms with Crippen LogP contribution < -0.4 is 10.2 Å². The number of aryl methyl sites for hydroxylation is 1. The number of benzene rings is 2. The number of imide groups is 1. The number of carbonyl (C=O) groups excluding carboxylic acids is 3. The van der Waals surface area contributed by atoms with Crippen LogP contribution in [0.25, 0.3) is 22.5 Å². The third-order valence-corrected chi connectivity index (χ3v) is 7.32. The fourth-order valence-electron chi connectivity index (χ4n) is 5.53. The zero-order valence-electron chi connectivity index (χ0n) is 19.7. The second-order valence-corrected chi connectivity index (χ2v) is 9.57. The summed E-state index contributed by atoms with van der Waals surface area (Å²) >= 11 is 0. The summed E-state index contributed by atoms with van der Waals surface area (Å²) in [6.07, 6.45) is 4.88. The molecule has 3 aromatic rings. The number of fused-ring (bicyclic) bond motifs is 1. The van der Waals surface area contributed by atoms with E-state index < -0.39 is 11.9 Å². The molecule has 2 aromatic carbocycles. The van der Waals surface area contributed by atoms with Crippen molar-refractivity contribution < 1.29 is 14.4 Å². The van der Waals surface area contributed by atoms with Gasteiger partial charge >= 0.3 is 0 Å². The highest BCUT2D eigenvalue weighted by molar-refractivity contribution is 6.05. The Morgan fingerprint density at radius 1 is 1.00 bits per heavy atom. The summed E-state index contributed by atoms with van der Waals surface area (Å²) in [4.78, 5) is 45.7.